The Morgan fingerprint density at radius 1 is 1.19 bits per heavy atom. The Hall–Kier alpha value is -1.68. The molecule has 0 saturated carbocycles. The molecule has 0 aliphatic heterocycles. The highest BCUT2D eigenvalue weighted by Gasteiger charge is 2.21. The van der Waals surface area contributed by atoms with Crippen LogP contribution in [0.5, 0.6) is 11.5 Å². The van der Waals surface area contributed by atoms with E-state index in [1.165, 1.54) is 6.07 Å². The molecule has 2 N–H and O–H groups in total. The molecule has 1 aromatic heterocycles. The molecule has 0 radical (unpaired) electrons. The predicted molar refractivity (Wildman–Crippen MR) is 87.6 cm³/mol. The number of phenolic OH excluding ortho intramolecular Hbond substituents is 2. The lowest BCUT2D eigenvalue weighted by Gasteiger charge is -2.26. The summed E-state index contributed by atoms with van der Waals surface area (Å²) < 4.78 is 1.87. The van der Waals surface area contributed by atoms with Crippen molar-refractivity contribution < 1.29 is 10.2 Å². The smallest absolute Gasteiger partial charge is 0.193 e. The van der Waals surface area contributed by atoms with E-state index in [1.54, 1.807) is 13.1 Å². The summed E-state index contributed by atoms with van der Waals surface area (Å²) in [5.74, 6) is -0.795. The van der Waals surface area contributed by atoms with Gasteiger partial charge in [-0.25, -0.2) is 0 Å². The second-order valence-electron chi connectivity index (χ2n) is 5.63. The number of pyridine rings is 1. The number of aromatic hydroxyl groups is 2. The van der Waals surface area contributed by atoms with Crippen LogP contribution in [-0.4, -0.2) is 14.8 Å². The van der Waals surface area contributed by atoms with Crippen molar-refractivity contribution in [3.05, 3.63) is 33.1 Å². The summed E-state index contributed by atoms with van der Waals surface area (Å²) in [6.07, 6.45) is 1.73. The van der Waals surface area contributed by atoms with Crippen LogP contribution in [0.3, 0.4) is 0 Å². The van der Waals surface area contributed by atoms with E-state index < -0.39 is 5.75 Å². The molecule has 116 valence electrons. The molecule has 0 aliphatic rings. The van der Waals surface area contributed by atoms with Crippen molar-refractivity contribution in [1.29, 1.82) is 0 Å². The number of aromatic nitrogens is 1. The first kappa shape index (κ1) is 17.4. The van der Waals surface area contributed by atoms with E-state index in [1.807, 2.05) is 39.2 Å². The van der Waals surface area contributed by atoms with Crippen LogP contribution in [0.25, 0.3) is 10.9 Å². The zero-order chi connectivity index (χ0) is 16.5. The standard InChI is InChI=1S/C14H16ClNO3.C2H6/c1-7-6-16(14(2,3)4)8-5-9(17)13(19)11(15)10(8)12(7)18;1-2/h5-6,17,19H,1-4H3;1-2H3. The fourth-order valence-electron chi connectivity index (χ4n) is 2.09. The summed E-state index contributed by atoms with van der Waals surface area (Å²) in [5, 5.41) is 19.5. The van der Waals surface area contributed by atoms with E-state index >= 15 is 0 Å². The number of hydrogen-bond donors (Lipinski definition) is 2. The second-order valence-corrected chi connectivity index (χ2v) is 6.01. The highest BCUT2D eigenvalue weighted by atomic mass is 35.5. The molecule has 1 heterocycles. The zero-order valence-electron chi connectivity index (χ0n) is 13.3. The summed E-state index contributed by atoms with van der Waals surface area (Å²) in [7, 11) is 0. The number of aryl methyl sites for hydroxylation is 1. The Morgan fingerprint density at radius 3 is 2.19 bits per heavy atom. The highest BCUT2D eigenvalue weighted by Crippen LogP contribution is 2.39. The van der Waals surface area contributed by atoms with Gasteiger partial charge in [0.05, 0.1) is 15.9 Å². The fraction of sp³-hybridized carbons (Fsp3) is 0.438. The molecule has 1 aromatic carbocycles. The lowest BCUT2D eigenvalue weighted by molar-refractivity contribution is 0.397. The second kappa shape index (κ2) is 5.98. The van der Waals surface area contributed by atoms with Crippen molar-refractivity contribution in [1.82, 2.24) is 4.57 Å². The molecular formula is C16H22ClNO3. The summed E-state index contributed by atoms with van der Waals surface area (Å²) >= 11 is 6.01. The molecule has 2 rings (SSSR count). The molecule has 2 aromatic rings. The molecule has 0 saturated heterocycles. The third kappa shape index (κ3) is 3.00. The van der Waals surface area contributed by atoms with Crippen LogP contribution in [0.1, 0.15) is 40.2 Å². The first-order chi connectivity index (χ1) is 9.64. The molecule has 0 aliphatic carbocycles. The van der Waals surface area contributed by atoms with Gasteiger partial charge in [-0.2, -0.15) is 0 Å². The van der Waals surface area contributed by atoms with Crippen molar-refractivity contribution >= 4 is 22.5 Å². The molecule has 0 atom stereocenters. The van der Waals surface area contributed by atoms with Crippen molar-refractivity contribution in [3.63, 3.8) is 0 Å². The molecule has 0 amide bonds. The number of rotatable bonds is 0. The van der Waals surface area contributed by atoms with Crippen LogP contribution in [0.4, 0.5) is 0 Å². The molecule has 4 nitrogen and oxygen atoms in total. The maximum Gasteiger partial charge on any atom is 0.193 e. The van der Waals surface area contributed by atoms with Crippen LogP contribution in [0, 0.1) is 6.92 Å². The van der Waals surface area contributed by atoms with Crippen molar-refractivity contribution in [2.75, 3.05) is 0 Å². The molecule has 0 spiro atoms. The van der Waals surface area contributed by atoms with Gasteiger partial charge in [0.25, 0.3) is 0 Å². The van der Waals surface area contributed by atoms with E-state index in [2.05, 4.69) is 0 Å². The van der Waals surface area contributed by atoms with Crippen LogP contribution < -0.4 is 5.43 Å². The highest BCUT2D eigenvalue weighted by molar-refractivity contribution is 6.37. The minimum atomic E-state index is -0.461. The third-order valence-corrected chi connectivity index (χ3v) is 3.46. The number of fused-ring (bicyclic) bond motifs is 1. The monoisotopic (exact) mass is 311 g/mol. The van der Waals surface area contributed by atoms with Crippen molar-refractivity contribution in [3.8, 4) is 11.5 Å². The van der Waals surface area contributed by atoms with Gasteiger partial charge in [-0.3, -0.25) is 4.79 Å². The topological polar surface area (TPSA) is 62.5 Å². The first-order valence-corrected chi connectivity index (χ1v) is 7.29. The molecule has 0 unspecified atom stereocenters. The van der Waals surface area contributed by atoms with Gasteiger partial charge in [-0.15, -0.1) is 0 Å². The van der Waals surface area contributed by atoms with E-state index in [-0.39, 0.29) is 27.1 Å². The normalized spacial score (nSPS) is 11.2. The first-order valence-electron chi connectivity index (χ1n) is 6.91. The number of nitrogens with zero attached hydrogens (tertiary/aromatic N) is 1. The van der Waals surface area contributed by atoms with E-state index in [9.17, 15) is 15.0 Å². The van der Waals surface area contributed by atoms with E-state index in [4.69, 9.17) is 11.6 Å². The number of phenols is 2. The average molecular weight is 312 g/mol. The number of halogens is 1. The largest absolute Gasteiger partial charge is 0.504 e. The van der Waals surface area contributed by atoms with E-state index in [0.29, 0.717) is 11.1 Å². The van der Waals surface area contributed by atoms with Gasteiger partial charge in [-0.1, -0.05) is 25.4 Å². The average Bonchev–Trinajstić information content (AvgIpc) is 2.41. The zero-order valence-corrected chi connectivity index (χ0v) is 14.0. The Bertz CT molecular complexity index is 727. The van der Waals surface area contributed by atoms with Gasteiger partial charge >= 0.3 is 0 Å². The molecule has 0 fully saturated rings. The van der Waals surface area contributed by atoms with Crippen molar-refractivity contribution in [2.24, 2.45) is 0 Å². The Labute approximate surface area is 129 Å². The van der Waals surface area contributed by atoms with Gasteiger partial charge in [0.2, 0.25) is 0 Å². The van der Waals surface area contributed by atoms with E-state index in [0.717, 1.165) is 0 Å². The van der Waals surface area contributed by atoms with Crippen LogP contribution >= 0.6 is 11.6 Å². The minimum absolute atomic E-state index is 0.110. The predicted octanol–water partition coefficient (Wildman–Crippen LogP) is 4.16. The quantitative estimate of drug-likeness (QED) is 0.718. The third-order valence-electron chi connectivity index (χ3n) is 3.09. The van der Waals surface area contributed by atoms with Gasteiger partial charge in [0.15, 0.2) is 16.9 Å². The van der Waals surface area contributed by atoms with Crippen LogP contribution in [-0.2, 0) is 5.54 Å². The van der Waals surface area contributed by atoms with Crippen LogP contribution in [0.2, 0.25) is 5.02 Å². The van der Waals surface area contributed by atoms with Gasteiger partial charge < -0.3 is 14.8 Å². The maximum atomic E-state index is 12.2. The van der Waals surface area contributed by atoms with Crippen LogP contribution in [0.15, 0.2) is 17.1 Å². The summed E-state index contributed by atoms with van der Waals surface area (Å²) in [6.45, 7) is 11.6. The Morgan fingerprint density at radius 2 is 1.71 bits per heavy atom. The number of benzene rings is 1. The van der Waals surface area contributed by atoms with Gasteiger partial charge in [0, 0.05) is 23.4 Å². The summed E-state index contributed by atoms with van der Waals surface area (Å²) in [6, 6.07) is 1.36. The maximum absolute atomic E-state index is 12.2. The molecule has 21 heavy (non-hydrogen) atoms. The molecule has 5 heteroatoms. The summed E-state index contributed by atoms with van der Waals surface area (Å²) in [5.41, 5.74) is 0.511. The summed E-state index contributed by atoms with van der Waals surface area (Å²) in [4.78, 5) is 12.2. The molecular weight excluding hydrogens is 290 g/mol. The fourth-order valence-corrected chi connectivity index (χ4v) is 2.37. The lowest BCUT2D eigenvalue weighted by atomic mass is 10.0. The minimum Gasteiger partial charge on any atom is -0.504 e. The van der Waals surface area contributed by atoms with Gasteiger partial charge in [-0.05, 0) is 27.7 Å². The Kier molecular flexibility index (Phi) is 4.95. The SMILES string of the molecule is CC.Cc1cn(C(C)(C)C)c2cc(O)c(O)c(Cl)c2c1=O. The van der Waals surface area contributed by atoms with Gasteiger partial charge in [0.1, 0.15) is 0 Å². The number of hydrogen-bond acceptors (Lipinski definition) is 3. The molecule has 0 bridgehead atoms. The lowest BCUT2D eigenvalue weighted by Crippen LogP contribution is -2.25. The Balaban J connectivity index is 0.00000106. The van der Waals surface area contributed by atoms with Crippen molar-refractivity contribution in [2.45, 2.75) is 47.1 Å².